The van der Waals surface area contributed by atoms with E-state index in [1.807, 2.05) is 30.3 Å². The molecule has 2 aliphatic heterocycles. The molecule has 1 unspecified atom stereocenters. The second-order valence-corrected chi connectivity index (χ2v) is 9.47. The van der Waals surface area contributed by atoms with Crippen molar-refractivity contribution in [3.8, 4) is 16.9 Å². The van der Waals surface area contributed by atoms with E-state index in [0.717, 1.165) is 28.8 Å². The fourth-order valence-corrected chi connectivity index (χ4v) is 4.99. The zero-order valence-corrected chi connectivity index (χ0v) is 21.2. The van der Waals surface area contributed by atoms with E-state index in [-0.39, 0.29) is 11.8 Å². The van der Waals surface area contributed by atoms with Crippen molar-refractivity contribution < 1.29 is 23.0 Å². The Hall–Kier alpha value is -3.85. The van der Waals surface area contributed by atoms with E-state index in [4.69, 9.17) is 9.47 Å². The molecule has 3 aromatic rings. The second kappa shape index (κ2) is 11.7. The Morgan fingerprint density at radius 1 is 1.00 bits per heavy atom. The van der Waals surface area contributed by atoms with Gasteiger partial charge in [-0.05, 0) is 65.9 Å². The number of carbonyl (C=O) groups excluding carboxylic acids is 1. The van der Waals surface area contributed by atoms with Gasteiger partial charge in [-0.2, -0.15) is 5.10 Å². The number of amides is 1. The molecular weight excluding hydrogens is 490 g/mol. The summed E-state index contributed by atoms with van der Waals surface area (Å²) in [7, 11) is 1.64. The zero-order chi connectivity index (χ0) is 26.5. The number of benzene rings is 2. The van der Waals surface area contributed by atoms with Crippen molar-refractivity contribution in [3.05, 3.63) is 78.0 Å². The summed E-state index contributed by atoms with van der Waals surface area (Å²) in [4.78, 5) is 20.1. The van der Waals surface area contributed by atoms with Gasteiger partial charge in [-0.15, -0.1) is 0 Å². The van der Waals surface area contributed by atoms with Crippen LogP contribution in [0.5, 0.6) is 5.75 Å². The van der Waals surface area contributed by atoms with Crippen molar-refractivity contribution in [2.24, 2.45) is 11.0 Å². The van der Waals surface area contributed by atoms with Crippen LogP contribution in [-0.4, -0.2) is 55.5 Å². The molecule has 0 aliphatic carbocycles. The van der Waals surface area contributed by atoms with E-state index < -0.39 is 17.7 Å². The monoisotopic (exact) mass is 520 g/mol. The minimum atomic E-state index is -0.660. The Balaban J connectivity index is 1.23. The van der Waals surface area contributed by atoms with Crippen LogP contribution in [0.3, 0.4) is 0 Å². The molecule has 2 aromatic carbocycles. The Morgan fingerprint density at radius 3 is 2.53 bits per heavy atom. The molecule has 1 amide bonds. The average molecular weight is 521 g/mol. The van der Waals surface area contributed by atoms with Crippen LogP contribution < -0.4 is 9.64 Å². The number of hydrazone groups is 1. The molecule has 1 atom stereocenters. The standard InChI is InChI=1S/C29H30F2N4O3/c1-37-13-14-38-26-4-2-3-21(17-26)22-5-9-32-28(18-22)34-11-7-20(8-12-34)29(36)35-27(6-10-33-35)23-15-24(30)19-25(31)16-23/h2-5,9-10,15-20,27H,6-8,11-14H2,1H3. The molecule has 38 heavy (non-hydrogen) atoms. The highest BCUT2D eigenvalue weighted by Gasteiger charge is 2.35. The van der Waals surface area contributed by atoms with Crippen LogP contribution in [0.4, 0.5) is 14.6 Å². The van der Waals surface area contributed by atoms with Gasteiger partial charge < -0.3 is 14.4 Å². The third-order valence-corrected chi connectivity index (χ3v) is 6.96. The molecule has 7 nitrogen and oxygen atoms in total. The first kappa shape index (κ1) is 25.8. The van der Waals surface area contributed by atoms with Crippen LogP contribution in [0.15, 0.2) is 65.9 Å². The van der Waals surface area contributed by atoms with Gasteiger partial charge >= 0.3 is 0 Å². The van der Waals surface area contributed by atoms with Gasteiger partial charge in [0, 0.05) is 51.0 Å². The summed E-state index contributed by atoms with van der Waals surface area (Å²) in [6.07, 6.45) is 5.14. The van der Waals surface area contributed by atoms with Gasteiger partial charge in [0.1, 0.15) is 29.8 Å². The Kier molecular flexibility index (Phi) is 7.93. The van der Waals surface area contributed by atoms with E-state index in [1.165, 1.54) is 17.1 Å². The number of methoxy groups -OCH3 is 1. The SMILES string of the molecule is COCCOc1cccc(-c2ccnc(N3CCC(C(=O)N4N=CCC4c4cc(F)cc(F)c4)CC3)c2)c1. The molecule has 0 bridgehead atoms. The fraction of sp³-hybridized carbons (Fsp3) is 0.345. The maximum atomic E-state index is 13.8. The third-order valence-electron chi connectivity index (χ3n) is 6.96. The smallest absolute Gasteiger partial charge is 0.246 e. The van der Waals surface area contributed by atoms with Crippen LogP contribution in [0.25, 0.3) is 11.1 Å². The summed E-state index contributed by atoms with van der Waals surface area (Å²) in [5.41, 5.74) is 2.47. The maximum absolute atomic E-state index is 13.8. The summed E-state index contributed by atoms with van der Waals surface area (Å²) in [5, 5.41) is 5.65. The lowest BCUT2D eigenvalue weighted by Crippen LogP contribution is -2.41. The van der Waals surface area contributed by atoms with E-state index in [1.54, 1.807) is 19.5 Å². The molecule has 198 valence electrons. The van der Waals surface area contributed by atoms with Crippen molar-refractivity contribution in [2.75, 3.05) is 38.3 Å². The summed E-state index contributed by atoms with van der Waals surface area (Å²) in [6, 6.07) is 14.8. The highest BCUT2D eigenvalue weighted by Crippen LogP contribution is 2.34. The lowest BCUT2D eigenvalue weighted by atomic mass is 9.94. The number of rotatable bonds is 8. The average Bonchev–Trinajstić information content (AvgIpc) is 3.43. The minimum absolute atomic E-state index is 0.111. The van der Waals surface area contributed by atoms with Gasteiger partial charge in [0.05, 0.1) is 12.6 Å². The van der Waals surface area contributed by atoms with Gasteiger partial charge in [0.25, 0.3) is 0 Å². The molecule has 0 saturated carbocycles. The maximum Gasteiger partial charge on any atom is 0.246 e. The quantitative estimate of drug-likeness (QED) is 0.381. The lowest BCUT2D eigenvalue weighted by Gasteiger charge is -2.34. The number of carbonyl (C=O) groups is 1. The third kappa shape index (κ3) is 5.83. The molecule has 3 heterocycles. The molecule has 1 aromatic heterocycles. The molecule has 1 fully saturated rings. The first-order valence-corrected chi connectivity index (χ1v) is 12.8. The van der Waals surface area contributed by atoms with Crippen LogP contribution >= 0.6 is 0 Å². The van der Waals surface area contributed by atoms with Gasteiger partial charge in [0.2, 0.25) is 5.91 Å². The number of ether oxygens (including phenoxy) is 2. The summed E-state index contributed by atoms with van der Waals surface area (Å²) in [5.74, 6) is -0.0144. The number of aromatic nitrogens is 1. The van der Waals surface area contributed by atoms with E-state index >= 15 is 0 Å². The first-order chi connectivity index (χ1) is 18.5. The zero-order valence-electron chi connectivity index (χ0n) is 21.2. The Labute approximate surface area is 220 Å². The lowest BCUT2D eigenvalue weighted by molar-refractivity contribution is -0.138. The van der Waals surface area contributed by atoms with Crippen LogP contribution in [0, 0.1) is 17.6 Å². The van der Waals surface area contributed by atoms with E-state index in [0.29, 0.717) is 51.1 Å². The van der Waals surface area contributed by atoms with Crippen molar-refractivity contribution >= 4 is 17.9 Å². The number of hydrogen-bond acceptors (Lipinski definition) is 6. The number of halogens is 2. The predicted octanol–water partition coefficient (Wildman–Crippen LogP) is 5.23. The minimum Gasteiger partial charge on any atom is -0.491 e. The van der Waals surface area contributed by atoms with Gasteiger partial charge in [-0.1, -0.05) is 12.1 Å². The van der Waals surface area contributed by atoms with Crippen molar-refractivity contribution in [2.45, 2.75) is 25.3 Å². The number of anilines is 1. The normalized spacial score (nSPS) is 17.7. The summed E-state index contributed by atoms with van der Waals surface area (Å²) in [6.45, 7) is 2.35. The largest absolute Gasteiger partial charge is 0.491 e. The van der Waals surface area contributed by atoms with Crippen LogP contribution in [0.1, 0.15) is 30.9 Å². The van der Waals surface area contributed by atoms with Gasteiger partial charge in [0.15, 0.2) is 0 Å². The van der Waals surface area contributed by atoms with Crippen molar-refractivity contribution in [3.63, 3.8) is 0 Å². The molecule has 2 aliphatic rings. The Morgan fingerprint density at radius 2 is 1.76 bits per heavy atom. The van der Waals surface area contributed by atoms with Gasteiger partial charge in [-0.3, -0.25) is 4.79 Å². The molecule has 5 rings (SSSR count). The molecule has 1 saturated heterocycles. The second-order valence-electron chi connectivity index (χ2n) is 9.47. The summed E-state index contributed by atoms with van der Waals surface area (Å²) >= 11 is 0. The van der Waals surface area contributed by atoms with Crippen LogP contribution in [-0.2, 0) is 9.53 Å². The number of pyridine rings is 1. The molecule has 9 heteroatoms. The Bertz CT molecular complexity index is 1290. The number of hydrogen-bond donors (Lipinski definition) is 0. The number of nitrogens with zero attached hydrogens (tertiary/aromatic N) is 4. The highest BCUT2D eigenvalue weighted by molar-refractivity contribution is 5.82. The molecule has 0 N–H and O–H groups in total. The number of piperidine rings is 1. The van der Waals surface area contributed by atoms with Crippen molar-refractivity contribution in [1.82, 2.24) is 9.99 Å². The predicted molar refractivity (Wildman–Crippen MR) is 141 cm³/mol. The first-order valence-electron chi connectivity index (χ1n) is 12.8. The van der Waals surface area contributed by atoms with E-state index in [2.05, 4.69) is 21.1 Å². The van der Waals surface area contributed by atoms with Crippen molar-refractivity contribution in [1.29, 1.82) is 0 Å². The molecule has 0 spiro atoms. The summed E-state index contributed by atoms with van der Waals surface area (Å²) < 4.78 is 38.4. The van der Waals surface area contributed by atoms with E-state index in [9.17, 15) is 13.6 Å². The molecule has 0 radical (unpaired) electrons. The topological polar surface area (TPSA) is 67.3 Å². The van der Waals surface area contributed by atoms with Gasteiger partial charge in [-0.25, -0.2) is 18.8 Å². The molecular formula is C29H30F2N4O3. The fourth-order valence-electron chi connectivity index (χ4n) is 4.99. The van der Waals surface area contributed by atoms with Crippen LogP contribution in [0.2, 0.25) is 0 Å². The highest BCUT2D eigenvalue weighted by atomic mass is 19.1.